The second-order valence-corrected chi connectivity index (χ2v) is 7.77. The van der Waals surface area contributed by atoms with Gasteiger partial charge < -0.3 is 4.42 Å². The van der Waals surface area contributed by atoms with E-state index in [1.54, 1.807) is 11.0 Å². The lowest BCUT2D eigenvalue weighted by Crippen LogP contribution is -2.29. The van der Waals surface area contributed by atoms with Crippen LogP contribution in [0.1, 0.15) is 39.0 Å². The topological polar surface area (TPSA) is 63.4 Å². The lowest BCUT2D eigenvalue weighted by molar-refractivity contribution is 0.0971. The van der Waals surface area contributed by atoms with E-state index in [9.17, 15) is 9.59 Å². The van der Waals surface area contributed by atoms with Crippen LogP contribution in [0.15, 0.2) is 63.1 Å². The number of hydrogen-bond acceptors (Lipinski definition) is 5. The number of thiazole rings is 1. The maximum atomic E-state index is 13.4. The van der Waals surface area contributed by atoms with Crippen molar-refractivity contribution in [1.82, 2.24) is 4.98 Å². The van der Waals surface area contributed by atoms with Gasteiger partial charge in [0.15, 0.2) is 10.6 Å². The number of fused-ring (bicyclic) bond motifs is 2. The smallest absolute Gasteiger partial charge is 0.297 e. The SMILES string of the molecule is Cc1ccc2oc3c(c(=O)c2c1)[C@H](c1ccccc1)N(c1nc(C)cs1)C3=O. The second kappa shape index (κ2) is 6.14. The molecule has 0 N–H and O–H groups in total. The number of hydrogen-bond donors (Lipinski definition) is 0. The molecule has 138 valence electrons. The molecular formula is C22H16N2O3S. The van der Waals surface area contributed by atoms with Gasteiger partial charge in [0, 0.05) is 5.38 Å². The molecule has 4 aromatic rings. The fourth-order valence-corrected chi connectivity index (χ4v) is 4.51. The third-order valence-corrected chi connectivity index (χ3v) is 5.91. The highest BCUT2D eigenvalue weighted by Crippen LogP contribution is 2.42. The third-order valence-electron chi connectivity index (χ3n) is 4.95. The van der Waals surface area contributed by atoms with Crippen LogP contribution in [0.2, 0.25) is 0 Å². The van der Waals surface area contributed by atoms with E-state index in [-0.39, 0.29) is 17.1 Å². The van der Waals surface area contributed by atoms with Gasteiger partial charge in [-0.25, -0.2) is 4.98 Å². The average molecular weight is 388 g/mol. The molecule has 0 bridgehead atoms. The Morgan fingerprint density at radius 3 is 2.57 bits per heavy atom. The first-order valence-electron chi connectivity index (χ1n) is 8.92. The molecule has 0 fully saturated rings. The molecule has 2 aromatic heterocycles. The van der Waals surface area contributed by atoms with Gasteiger partial charge in [0.1, 0.15) is 5.58 Å². The molecule has 0 radical (unpaired) electrons. The van der Waals surface area contributed by atoms with Crippen LogP contribution in [0.4, 0.5) is 5.13 Å². The summed E-state index contributed by atoms with van der Waals surface area (Å²) in [6, 6.07) is 14.4. The number of aryl methyl sites for hydroxylation is 2. The van der Waals surface area contributed by atoms with Gasteiger partial charge in [0.2, 0.25) is 5.76 Å². The molecule has 1 amide bonds. The molecule has 0 unspecified atom stereocenters. The van der Waals surface area contributed by atoms with Crippen molar-refractivity contribution in [2.45, 2.75) is 19.9 Å². The van der Waals surface area contributed by atoms with Crippen LogP contribution in [-0.2, 0) is 0 Å². The van der Waals surface area contributed by atoms with Crippen LogP contribution in [0.5, 0.6) is 0 Å². The zero-order chi connectivity index (χ0) is 19.4. The summed E-state index contributed by atoms with van der Waals surface area (Å²) in [5, 5.41) is 2.94. The third kappa shape index (κ3) is 2.42. The number of nitrogens with zero attached hydrogens (tertiary/aromatic N) is 2. The van der Waals surface area contributed by atoms with Crippen molar-refractivity contribution in [2.75, 3.05) is 4.90 Å². The van der Waals surface area contributed by atoms with Gasteiger partial charge >= 0.3 is 0 Å². The Morgan fingerprint density at radius 2 is 1.86 bits per heavy atom. The van der Waals surface area contributed by atoms with Gasteiger partial charge in [-0.1, -0.05) is 42.0 Å². The molecule has 2 aromatic carbocycles. The van der Waals surface area contributed by atoms with E-state index in [0.29, 0.717) is 21.7 Å². The Bertz CT molecular complexity index is 1290. The first-order chi connectivity index (χ1) is 13.5. The van der Waals surface area contributed by atoms with E-state index in [4.69, 9.17) is 4.42 Å². The summed E-state index contributed by atoms with van der Waals surface area (Å²) < 4.78 is 5.95. The van der Waals surface area contributed by atoms with Crippen molar-refractivity contribution in [2.24, 2.45) is 0 Å². The highest BCUT2D eigenvalue weighted by Gasteiger charge is 2.44. The number of aromatic nitrogens is 1. The number of benzene rings is 2. The second-order valence-electron chi connectivity index (χ2n) is 6.93. The Labute approximate surface area is 164 Å². The highest BCUT2D eigenvalue weighted by molar-refractivity contribution is 7.14. The normalized spacial score (nSPS) is 16.0. The summed E-state index contributed by atoms with van der Waals surface area (Å²) in [5.41, 5.74) is 3.27. The Kier molecular flexibility index (Phi) is 3.70. The van der Waals surface area contributed by atoms with Gasteiger partial charge in [-0.3, -0.25) is 14.5 Å². The summed E-state index contributed by atoms with van der Waals surface area (Å²) in [6.45, 7) is 3.81. The molecule has 5 rings (SSSR count). The van der Waals surface area contributed by atoms with Crippen molar-refractivity contribution in [3.63, 3.8) is 0 Å². The van der Waals surface area contributed by atoms with Crippen molar-refractivity contribution >= 4 is 33.3 Å². The maximum absolute atomic E-state index is 13.4. The minimum absolute atomic E-state index is 0.100. The van der Waals surface area contributed by atoms with Crippen LogP contribution in [-0.4, -0.2) is 10.9 Å². The summed E-state index contributed by atoms with van der Waals surface area (Å²) in [4.78, 5) is 32.8. The van der Waals surface area contributed by atoms with Gasteiger partial charge in [0.05, 0.1) is 22.7 Å². The van der Waals surface area contributed by atoms with E-state index in [1.165, 1.54) is 11.3 Å². The molecule has 1 aliphatic heterocycles. The molecule has 0 spiro atoms. The van der Waals surface area contributed by atoms with E-state index in [0.717, 1.165) is 16.8 Å². The Morgan fingerprint density at radius 1 is 1.07 bits per heavy atom. The molecule has 1 aliphatic rings. The lowest BCUT2D eigenvalue weighted by atomic mass is 9.98. The number of carbonyl (C=O) groups excluding carboxylic acids is 1. The standard InChI is InChI=1S/C22H16N2O3S/c1-12-8-9-16-15(10-12)19(25)17-18(14-6-4-3-5-7-14)24(21(26)20(17)27-16)22-23-13(2)11-28-22/h3-11,18H,1-2H3/t18-/m0/s1. The summed E-state index contributed by atoms with van der Waals surface area (Å²) in [5.74, 6) is -0.235. The number of carbonyl (C=O) groups is 1. The fourth-order valence-electron chi connectivity index (χ4n) is 3.69. The van der Waals surface area contributed by atoms with Gasteiger partial charge in [-0.2, -0.15) is 0 Å². The molecule has 6 heteroatoms. The van der Waals surface area contributed by atoms with Crippen molar-refractivity contribution in [3.8, 4) is 0 Å². The molecule has 28 heavy (non-hydrogen) atoms. The molecule has 5 nitrogen and oxygen atoms in total. The molecule has 0 saturated carbocycles. The number of anilines is 1. The molecule has 0 saturated heterocycles. The lowest BCUT2D eigenvalue weighted by Gasteiger charge is -2.22. The number of rotatable bonds is 2. The van der Waals surface area contributed by atoms with E-state index >= 15 is 0 Å². The largest absolute Gasteiger partial charge is 0.450 e. The Hall–Kier alpha value is -3.25. The van der Waals surface area contributed by atoms with Gasteiger partial charge in [-0.15, -0.1) is 11.3 Å². The zero-order valence-corrected chi connectivity index (χ0v) is 16.1. The highest BCUT2D eigenvalue weighted by atomic mass is 32.1. The monoisotopic (exact) mass is 388 g/mol. The summed E-state index contributed by atoms with van der Waals surface area (Å²) >= 11 is 1.38. The van der Waals surface area contributed by atoms with Gasteiger partial charge in [-0.05, 0) is 31.5 Å². The average Bonchev–Trinajstić information content (AvgIpc) is 3.24. The number of amides is 1. The van der Waals surface area contributed by atoms with E-state index < -0.39 is 6.04 Å². The summed E-state index contributed by atoms with van der Waals surface area (Å²) in [7, 11) is 0. The minimum atomic E-state index is -0.560. The molecule has 0 aliphatic carbocycles. The van der Waals surface area contributed by atoms with Crippen molar-refractivity contribution in [1.29, 1.82) is 0 Å². The molecule has 3 heterocycles. The van der Waals surface area contributed by atoms with Crippen molar-refractivity contribution in [3.05, 3.63) is 92.3 Å². The first kappa shape index (κ1) is 16.9. The predicted octanol–water partition coefficient (Wildman–Crippen LogP) is 4.62. The first-order valence-corrected chi connectivity index (χ1v) is 9.80. The van der Waals surface area contributed by atoms with Crippen LogP contribution in [0, 0.1) is 13.8 Å². The van der Waals surface area contributed by atoms with E-state index in [1.807, 2.05) is 61.7 Å². The van der Waals surface area contributed by atoms with Crippen LogP contribution >= 0.6 is 11.3 Å². The predicted molar refractivity (Wildman–Crippen MR) is 109 cm³/mol. The zero-order valence-electron chi connectivity index (χ0n) is 15.3. The quantitative estimate of drug-likeness (QED) is 0.503. The van der Waals surface area contributed by atoms with Crippen LogP contribution < -0.4 is 10.3 Å². The van der Waals surface area contributed by atoms with E-state index in [2.05, 4.69) is 4.98 Å². The molecular weight excluding hydrogens is 372 g/mol. The maximum Gasteiger partial charge on any atom is 0.297 e. The van der Waals surface area contributed by atoms with Crippen LogP contribution in [0.3, 0.4) is 0 Å². The summed E-state index contributed by atoms with van der Waals surface area (Å²) in [6.07, 6.45) is 0. The minimum Gasteiger partial charge on any atom is -0.450 e. The van der Waals surface area contributed by atoms with Crippen LogP contribution in [0.25, 0.3) is 11.0 Å². The van der Waals surface area contributed by atoms with Gasteiger partial charge in [0.25, 0.3) is 5.91 Å². The molecule has 1 atom stereocenters. The fraction of sp³-hybridized carbons (Fsp3) is 0.136. The van der Waals surface area contributed by atoms with Crippen molar-refractivity contribution < 1.29 is 9.21 Å². The Balaban J connectivity index is 1.84.